The number of rotatable bonds is 4. The maximum atomic E-state index is 6.03. The first kappa shape index (κ1) is 9.68. The zero-order valence-electron chi connectivity index (χ0n) is 8.55. The smallest absolute Gasteiger partial charge is 0.106 e. The van der Waals surface area contributed by atoms with E-state index < -0.39 is 0 Å². The quantitative estimate of drug-likeness (QED) is 0.504. The Bertz CT molecular complexity index is 162. The molecule has 2 aliphatic rings. The van der Waals surface area contributed by atoms with Gasteiger partial charge in [0, 0.05) is 6.61 Å². The Labute approximate surface area is 82.8 Å². The van der Waals surface area contributed by atoms with Crippen LogP contribution in [-0.4, -0.2) is 34.1 Å². The molecule has 0 radical (unpaired) electrons. The van der Waals surface area contributed by atoms with Crippen LogP contribution in [0.3, 0.4) is 0 Å². The van der Waals surface area contributed by atoms with Crippen LogP contribution in [0.15, 0.2) is 0 Å². The Kier molecular flexibility index (Phi) is 3.06. The number of ether oxygens (including phenoxy) is 2. The van der Waals surface area contributed by atoms with E-state index in [1.165, 1.54) is 31.7 Å². The molecule has 0 N–H and O–H groups in total. The summed E-state index contributed by atoms with van der Waals surface area (Å²) in [4.78, 5) is 0. The molecule has 2 unspecified atom stereocenters. The van der Waals surface area contributed by atoms with E-state index in [4.69, 9.17) is 9.47 Å². The lowest BCUT2D eigenvalue weighted by Gasteiger charge is -2.36. The van der Waals surface area contributed by atoms with Crippen molar-refractivity contribution >= 4 is 9.52 Å². The lowest BCUT2D eigenvalue weighted by atomic mass is 10.1. The van der Waals surface area contributed by atoms with Crippen molar-refractivity contribution in [3.63, 3.8) is 0 Å². The van der Waals surface area contributed by atoms with Gasteiger partial charge in [0.1, 0.15) is 6.10 Å². The highest BCUT2D eigenvalue weighted by molar-refractivity contribution is 6.40. The second-order valence-corrected chi connectivity index (χ2v) is 6.70. The van der Waals surface area contributed by atoms with E-state index >= 15 is 0 Å². The molecule has 2 heterocycles. The molecule has 2 nitrogen and oxygen atoms in total. The van der Waals surface area contributed by atoms with Crippen molar-refractivity contribution < 1.29 is 9.47 Å². The number of hydrogen-bond donors (Lipinski definition) is 0. The third-order valence-corrected chi connectivity index (χ3v) is 6.18. The normalized spacial score (nSPS) is 39.9. The van der Waals surface area contributed by atoms with Gasteiger partial charge in [-0.2, -0.15) is 0 Å². The highest BCUT2D eigenvalue weighted by Gasteiger charge is 2.48. The molecule has 0 amide bonds. The van der Waals surface area contributed by atoms with Gasteiger partial charge in [0.15, 0.2) is 0 Å². The number of hydrogen-bond acceptors (Lipinski definition) is 2. The summed E-state index contributed by atoms with van der Waals surface area (Å²) >= 11 is 0. The van der Waals surface area contributed by atoms with Crippen molar-refractivity contribution in [3.05, 3.63) is 0 Å². The molecular weight excluding hydrogens is 180 g/mol. The maximum Gasteiger partial charge on any atom is 0.106 e. The predicted molar refractivity (Wildman–Crippen MR) is 55.9 cm³/mol. The van der Waals surface area contributed by atoms with Crippen molar-refractivity contribution in [2.45, 2.75) is 50.0 Å². The van der Waals surface area contributed by atoms with Crippen LogP contribution in [0.5, 0.6) is 0 Å². The average Bonchev–Trinajstić information content (AvgIpc) is 3.00. The van der Waals surface area contributed by atoms with Gasteiger partial charge in [-0.15, -0.1) is 0 Å². The standard InChI is InChI=1S/C10H20O2Si/c1-2-7-13-10(9-8-11-9)5-3-4-6-12-10/h9H,2-8,13H2,1H3. The van der Waals surface area contributed by atoms with Crippen molar-refractivity contribution in [1.82, 2.24) is 0 Å². The van der Waals surface area contributed by atoms with Gasteiger partial charge in [0.2, 0.25) is 0 Å². The van der Waals surface area contributed by atoms with Gasteiger partial charge < -0.3 is 9.47 Å². The second kappa shape index (κ2) is 4.11. The minimum Gasteiger partial charge on any atom is -0.376 e. The molecule has 2 saturated heterocycles. The fourth-order valence-electron chi connectivity index (χ4n) is 2.31. The topological polar surface area (TPSA) is 21.8 Å². The van der Waals surface area contributed by atoms with E-state index in [-0.39, 0.29) is 14.7 Å². The van der Waals surface area contributed by atoms with Crippen molar-refractivity contribution in [2.24, 2.45) is 0 Å². The Morgan fingerprint density at radius 1 is 1.46 bits per heavy atom. The first-order valence-electron chi connectivity index (χ1n) is 5.63. The minimum absolute atomic E-state index is 0.0735. The van der Waals surface area contributed by atoms with Crippen LogP contribution in [-0.2, 0) is 9.47 Å². The van der Waals surface area contributed by atoms with E-state index in [0.717, 1.165) is 13.2 Å². The van der Waals surface area contributed by atoms with E-state index in [1.54, 1.807) is 0 Å². The summed E-state index contributed by atoms with van der Waals surface area (Å²) in [6.45, 7) is 4.23. The summed E-state index contributed by atoms with van der Waals surface area (Å²) in [5, 5.41) is 0.258. The molecule has 0 aromatic rings. The van der Waals surface area contributed by atoms with Gasteiger partial charge in [-0.05, 0) is 19.3 Å². The molecule has 0 saturated carbocycles. The first-order valence-corrected chi connectivity index (χ1v) is 7.34. The van der Waals surface area contributed by atoms with Gasteiger partial charge in [-0.1, -0.05) is 19.4 Å². The lowest BCUT2D eigenvalue weighted by Crippen LogP contribution is -2.47. The fourth-order valence-corrected chi connectivity index (χ4v) is 4.61. The van der Waals surface area contributed by atoms with Gasteiger partial charge in [-0.25, -0.2) is 0 Å². The van der Waals surface area contributed by atoms with E-state index in [0.29, 0.717) is 6.10 Å². The van der Waals surface area contributed by atoms with Crippen LogP contribution >= 0.6 is 0 Å². The molecule has 13 heavy (non-hydrogen) atoms. The maximum absolute atomic E-state index is 6.03. The van der Waals surface area contributed by atoms with Crippen LogP contribution in [0.25, 0.3) is 0 Å². The highest BCUT2D eigenvalue weighted by atomic mass is 28.2. The van der Waals surface area contributed by atoms with Gasteiger partial charge in [0.25, 0.3) is 0 Å². The molecule has 0 bridgehead atoms. The van der Waals surface area contributed by atoms with Crippen molar-refractivity contribution in [2.75, 3.05) is 13.2 Å². The van der Waals surface area contributed by atoms with Crippen LogP contribution in [0.4, 0.5) is 0 Å². The van der Waals surface area contributed by atoms with Crippen LogP contribution in [0.2, 0.25) is 6.04 Å². The van der Waals surface area contributed by atoms with Crippen molar-refractivity contribution in [1.29, 1.82) is 0 Å². The molecule has 0 aromatic carbocycles. The Morgan fingerprint density at radius 3 is 2.85 bits per heavy atom. The minimum atomic E-state index is -0.0735. The molecule has 2 fully saturated rings. The zero-order valence-corrected chi connectivity index (χ0v) is 9.96. The largest absolute Gasteiger partial charge is 0.376 e. The van der Waals surface area contributed by atoms with Crippen LogP contribution in [0, 0.1) is 0 Å². The molecule has 0 aromatic heterocycles. The van der Waals surface area contributed by atoms with E-state index in [1.807, 2.05) is 0 Å². The molecule has 0 aliphatic carbocycles. The second-order valence-electron chi connectivity index (χ2n) is 4.30. The summed E-state index contributed by atoms with van der Waals surface area (Å²) in [5.41, 5.74) is 0. The summed E-state index contributed by atoms with van der Waals surface area (Å²) in [6.07, 6.45) is 5.71. The Morgan fingerprint density at radius 2 is 2.31 bits per heavy atom. The van der Waals surface area contributed by atoms with Crippen LogP contribution in [0.1, 0.15) is 32.6 Å². The Hall–Kier alpha value is 0.137. The molecule has 2 atom stereocenters. The van der Waals surface area contributed by atoms with Gasteiger partial charge in [-0.3, -0.25) is 0 Å². The zero-order chi connectivity index (χ0) is 9.15. The third-order valence-electron chi connectivity index (χ3n) is 3.26. The fraction of sp³-hybridized carbons (Fsp3) is 1.00. The molecule has 0 spiro atoms. The summed E-state index contributed by atoms with van der Waals surface area (Å²) in [5.74, 6) is 0. The molecule has 2 rings (SSSR count). The van der Waals surface area contributed by atoms with E-state index in [9.17, 15) is 0 Å². The van der Waals surface area contributed by atoms with Gasteiger partial charge in [0.05, 0.1) is 21.4 Å². The van der Waals surface area contributed by atoms with E-state index in [2.05, 4.69) is 6.92 Å². The molecule has 2 aliphatic heterocycles. The summed E-state index contributed by atoms with van der Waals surface area (Å²) < 4.78 is 11.5. The molecular formula is C10H20O2Si. The molecule has 3 heteroatoms. The first-order chi connectivity index (χ1) is 6.37. The SMILES string of the molecule is CCC[SiH2]C1(C2CO2)CCCCO1. The molecule has 76 valence electrons. The van der Waals surface area contributed by atoms with Crippen LogP contribution < -0.4 is 0 Å². The third kappa shape index (κ3) is 2.14. The van der Waals surface area contributed by atoms with Crippen molar-refractivity contribution in [3.8, 4) is 0 Å². The monoisotopic (exact) mass is 200 g/mol. The highest BCUT2D eigenvalue weighted by Crippen LogP contribution is 2.35. The van der Waals surface area contributed by atoms with Gasteiger partial charge >= 0.3 is 0 Å². The summed E-state index contributed by atoms with van der Waals surface area (Å²) in [7, 11) is -0.0735. The Balaban J connectivity index is 1.92. The number of epoxide rings is 1. The predicted octanol–water partition coefficient (Wildman–Crippen LogP) is 1.28. The summed E-state index contributed by atoms with van der Waals surface area (Å²) in [6, 6.07) is 1.42. The average molecular weight is 200 g/mol. The lowest BCUT2D eigenvalue weighted by molar-refractivity contribution is -0.0369.